The molecular formula is C22H29F2N5O. The number of pyridine rings is 1. The van der Waals surface area contributed by atoms with Gasteiger partial charge in [-0.15, -0.1) is 0 Å². The first-order chi connectivity index (χ1) is 14.4. The highest BCUT2D eigenvalue weighted by Gasteiger charge is 2.58. The standard InChI is InChI=1S/C22H29F2N5O/c1-12(2)29-18(20-15-8-14(9-16(15)20)28-5-3-4-6-28)10-17(27-29)13-7-19(30-22(23)24)21(25)26-11-13/h7,10-12,14-16,20,22H,3-6,8-9H2,1-2H3,(H2,25,26)/t14-,15+,16-,20-. The maximum Gasteiger partial charge on any atom is 0.387 e. The van der Waals surface area contributed by atoms with Gasteiger partial charge in [-0.1, -0.05) is 0 Å². The summed E-state index contributed by atoms with van der Waals surface area (Å²) in [5, 5.41) is 4.80. The van der Waals surface area contributed by atoms with Crippen LogP contribution in [-0.4, -0.2) is 45.4 Å². The highest BCUT2D eigenvalue weighted by molar-refractivity contribution is 5.64. The van der Waals surface area contributed by atoms with E-state index in [4.69, 9.17) is 10.8 Å². The van der Waals surface area contributed by atoms with Gasteiger partial charge in [-0.2, -0.15) is 13.9 Å². The number of ether oxygens (including phenoxy) is 1. The highest BCUT2D eigenvalue weighted by Crippen LogP contribution is 2.64. The Hall–Kier alpha value is -2.22. The molecule has 0 spiro atoms. The third-order valence-electron chi connectivity index (χ3n) is 7.07. The van der Waals surface area contributed by atoms with Gasteiger partial charge in [0.25, 0.3) is 0 Å². The zero-order valence-electron chi connectivity index (χ0n) is 17.5. The molecular weight excluding hydrogens is 388 g/mol. The van der Waals surface area contributed by atoms with Gasteiger partial charge in [0, 0.05) is 35.5 Å². The van der Waals surface area contributed by atoms with Gasteiger partial charge in [0.05, 0.1) is 5.69 Å². The zero-order chi connectivity index (χ0) is 21.0. The topological polar surface area (TPSA) is 69.2 Å². The molecule has 30 heavy (non-hydrogen) atoms. The molecule has 2 saturated carbocycles. The molecule has 8 heteroatoms. The molecule has 1 aliphatic heterocycles. The molecule has 0 radical (unpaired) electrons. The molecule has 0 bridgehead atoms. The first-order valence-electron chi connectivity index (χ1n) is 11.0. The average Bonchev–Trinajstić information content (AvgIpc) is 3.22. The van der Waals surface area contributed by atoms with E-state index in [1.54, 1.807) is 6.20 Å². The quantitative estimate of drug-likeness (QED) is 0.759. The molecule has 3 fully saturated rings. The van der Waals surface area contributed by atoms with Crippen LogP contribution < -0.4 is 10.5 Å². The fraction of sp³-hybridized carbons (Fsp3) is 0.636. The van der Waals surface area contributed by atoms with Crippen LogP contribution in [0.3, 0.4) is 0 Å². The second kappa shape index (κ2) is 7.48. The number of nitrogens with zero attached hydrogens (tertiary/aromatic N) is 4. The van der Waals surface area contributed by atoms with Crippen molar-refractivity contribution in [2.75, 3.05) is 18.8 Å². The van der Waals surface area contributed by atoms with Crippen LogP contribution >= 0.6 is 0 Å². The summed E-state index contributed by atoms with van der Waals surface area (Å²) >= 11 is 0. The van der Waals surface area contributed by atoms with E-state index in [2.05, 4.69) is 39.2 Å². The zero-order valence-corrected chi connectivity index (χ0v) is 17.5. The van der Waals surface area contributed by atoms with Crippen molar-refractivity contribution in [3.8, 4) is 17.0 Å². The van der Waals surface area contributed by atoms with E-state index >= 15 is 0 Å². The molecule has 0 aromatic carbocycles. The first-order valence-corrected chi connectivity index (χ1v) is 11.0. The third kappa shape index (κ3) is 3.45. The Morgan fingerprint density at radius 2 is 1.83 bits per heavy atom. The van der Waals surface area contributed by atoms with Gasteiger partial charge in [-0.05, 0) is 76.6 Å². The van der Waals surface area contributed by atoms with Gasteiger partial charge in [0.1, 0.15) is 0 Å². The monoisotopic (exact) mass is 417 g/mol. The molecule has 3 heterocycles. The summed E-state index contributed by atoms with van der Waals surface area (Å²) in [6.07, 6.45) is 6.81. The summed E-state index contributed by atoms with van der Waals surface area (Å²) in [7, 11) is 0. The molecule has 0 amide bonds. The molecule has 2 aromatic rings. The van der Waals surface area contributed by atoms with Crippen LogP contribution in [0.2, 0.25) is 0 Å². The molecule has 0 unspecified atom stereocenters. The van der Waals surface area contributed by atoms with Crippen molar-refractivity contribution in [2.24, 2.45) is 11.8 Å². The number of fused-ring (bicyclic) bond motifs is 1. The third-order valence-corrected chi connectivity index (χ3v) is 7.07. The predicted molar refractivity (Wildman–Crippen MR) is 110 cm³/mol. The van der Waals surface area contributed by atoms with E-state index in [0.29, 0.717) is 11.5 Å². The smallest absolute Gasteiger partial charge is 0.387 e. The Morgan fingerprint density at radius 1 is 1.13 bits per heavy atom. The van der Waals surface area contributed by atoms with E-state index in [-0.39, 0.29) is 17.6 Å². The summed E-state index contributed by atoms with van der Waals surface area (Å²) in [4.78, 5) is 6.71. The van der Waals surface area contributed by atoms with Crippen LogP contribution in [0.15, 0.2) is 18.3 Å². The number of hydrogen-bond donors (Lipinski definition) is 1. The number of aromatic nitrogens is 3. The van der Waals surface area contributed by atoms with Crippen molar-refractivity contribution >= 4 is 5.82 Å². The summed E-state index contributed by atoms with van der Waals surface area (Å²) in [5.41, 5.74) is 8.31. The van der Waals surface area contributed by atoms with Crippen molar-refractivity contribution in [3.63, 3.8) is 0 Å². The number of anilines is 1. The molecule has 2 aliphatic carbocycles. The number of hydrogen-bond acceptors (Lipinski definition) is 5. The van der Waals surface area contributed by atoms with Gasteiger partial charge in [-0.3, -0.25) is 4.68 Å². The molecule has 6 nitrogen and oxygen atoms in total. The fourth-order valence-electron chi connectivity index (χ4n) is 5.65. The molecule has 2 N–H and O–H groups in total. The summed E-state index contributed by atoms with van der Waals surface area (Å²) < 4.78 is 31.9. The van der Waals surface area contributed by atoms with E-state index in [1.807, 2.05) is 0 Å². The van der Waals surface area contributed by atoms with Gasteiger partial charge >= 0.3 is 6.61 Å². The van der Waals surface area contributed by atoms with E-state index in [0.717, 1.165) is 23.6 Å². The van der Waals surface area contributed by atoms with Gasteiger partial charge < -0.3 is 15.4 Å². The van der Waals surface area contributed by atoms with Crippen LogP contribution in [0, 0.1) is 11.8 Å². The molecule has 2 aromatic heterocycles. The van der Waals surface area contributed by atoms with Crippen LogP contribution in [0.4, 0.5) is 14.6 Å². The summed E-state index contributed by atoms with van der Waals surface area (Å²) in [6, 6.07) is 4.59. The first kappa shape index (κ1) is 19.7. The normalized spacial score (nSPS) is 28.5. The lowest BCUT2D eigenvalue weighted by Crippen LogP contribution is -2.31. The molecule has 162 valence electrons. The van der Waals surface area contributed by atoms with Gasteiger partial charge in [0.2, 0.25) is 0 Å². The van der Waals surface area contributed by atoms with Crippen molar-refractivity contribution in [1.82, 2.24) is 19.7 Å². The summed E-state index contributed by atoms with van der Waals surface area (Å²) in [6.45, 7) is 3.82. The average molecular weight is 418 g/mol. The van der Waals surface area contributed by atoms with Crippen molar-refractivity contribution in [3.05, 3.63) is 24.0 Å². The SMILES string of the molecule is CC(C)n1nc(-c2cnc(N)c(OC(F)F)c2)cc1[C@H]1[C@@H]2C[C@H](N3CCCC3)C[C@@H]21. The van der Waals surface area contributed by atoms with Gasteiger partial charge in [0.15, 0.2) is 11.6 Å². The van der Waals surface area contributed by atoms with Crippen LogP contribution in [0.5, 0.6) is 5.75 Å². The largest absolute Gasteiger partial charge is 0.431 e. The maximum atomic E-state index is 12.7. The van der Waals surface area contributed by atoms with Crippen LogP contribution in [0.25, 0.3) is 11.3 Å². The maximum absolute atomic E-state index is 12.7. The molecule has 4 atom stereocenters. The lowest BCUT2D eigenvalue weighted by molar-refractivity contribution is -0.0494. The highest BCUT2D eigenvalue weighted by atomic mass is 19.3. The van der Waals surface area contributed by atoms with Crippen molar-refractivity contribution < 1.29 is 13.5 Å². The van der Waals surface area contributed by atoms with Gasteiger partial charge in [-0.25, -0.2) is 4.98 Å². The van der Waals surface area contributed by atoms with Crippen LogP contribution in [0.1, 0.15) is 57.2 Å². The summed E-state index contributed by atoms with van der Waals surface area (Å²) in [5.74, 6) is 1.86. The number of likely N-dealkylation sites (tertiary alicyclic amines) is 1. The minimum atomic E-state index is -2.94. The Balaban J connectivity index is 1.38. The second-order valence-corrected chi connectivity index (χ2v) is 9.20. The van der Waals surface area contributed by atoms with E-state index in [9.17, 15) is 8.78 Å². The Bertz CT molecular complexity index is 912. The Labute approximate surface area is 175 Å². The Morgan fingerprint density at radius 3 is 2.47 bits per heavy atom. The number of alkyl halides is 2. The lowest BCUT2D eigenvalue weighted by atomic mass is 10.0. The minimum absolute atomic E-state index is 0.0488. The molecule has 1 saturated heterocycles. The fourth-order valence-corrected chi connectivity index (χ4v) is 5.65. The number of rotatable bonds is 6. The van der Waals surface area contributed by atoms with E-state index < -0.39 is 6.61 Å². The molecule has 5 rings (SSSR count). The number of nitrogens with two attached hydrogens (primary N) is 1. The lowest BCUT2D eigenvalue weighted by Gasteiger charge is -2.25. The van der Waals surface area contributed by atoms with Crippen molar-refractivity contribution in [1.29, 1.82) is 0 Å². The Kier molecular flexibility index (Phi) is 4.92. The van der Waals surface area contributed by atoms with E-state index in [1.165, 1.54) is 50.5 Å². The van der Waals surface area contributed by atoms with Crippen LogP contribution in [-0.2, 0) is 0 Å². The molecule has 3 aliphatic rings. The second-order valence-electron chi connectivity index (χ2n) is 9.20. The number of halogens is 2. The van der Waals surface area contributed by atoms with Crippen molar-refractivity contribution in [2.45, 2.75) is 64.1 Å². The number of nitrogen functional groups attached to an aromatic ring is 1. The predicted octanol–water partition coefficient (Wildman–Crippen LogP) is 4.30. The minimum Gasteiger partial charge on any atom is -0.431 e.